The second-order valence-electron chi connectivity index (χ2n) is 6.02. The molecule has 2 aromatic heterocycles. The molecule has 1 amide bonds. The summed E-state index contributed by atoms with van der Waals surface area (Å²) >= 11 is 7.37. The molecular weight excluding hydrogens is 354 g/mol. The molecule has 1 aliphatic carbocycles. The Morgan fingerprint density at radius 2 is 2.00 bits per heavy atom. The number of nitrogens with one attached hydrogen (secondary N) is 1. The van der Waals surface area contributed by atoms with E-state index in [0.29, 0.717) is 10.7 Å². The second-order valence-corrected chi connectivity index (χ2v) is 7.24. The first-order chi connectivity index (χ1) is 12.2. The van der Waals surface area contributed by atoms with Gasteiger partial charge in [0.2, 0.25) is 0 Å². The Morgan fingerprint density at radius 3 is 2.84 bits per heavy atom. The molecule has 0 atom stereocenters. The van der Waals surface area contributed by atoms with Gasteiger partial charge in [0.05, 0.1) is 11.3 Å². The van der Waals surface area contributed by atoms with E-state index in [1.807, 2.05) is 5.38 Å². The molecule has 4 rings (SSSR count). The Hall–Kier alpha value is -2.24. The van der Waals surface area contributed by atoms with Crippen LogP contribution in [0.5, 0.6) is 0 Å². The summed E-state index contributed by atoms with van der Waals surface area (Å²) < 4.78 is 0. The van der Waals surface area contributed by atoms with Gasteiger partial charge >= 0.3 is 0 Å². The van der Waals surface area contributed by atoms with Gasteiger partial charge in [0.15, 0.2) is 5.13 Å². The molecule has 0 saturated heterocycles. The molecule has 3 aromatic rings. The fraction of sp³-hybridized carbons (Fsp3) is 0.211. The molecule has 2 heterocycles. The lowest BCUT2D eigenvalue weighted by atomic mass is 9.90. The van der Waals surface area contributed by atoms with E-state index in [4.69, 9.17) is 11.6 Å². The predicted octanol–water partition coefficient (Wildman–Crippen LogP) is 4.99. The number of thiazole rings is 1. The highest BCUT2D eigenvalue weighted by atomic mass is 35.5. The molecule has 0 bridgehead atoms. The number of hydrogen-bond donors (Lipinski definition) is 1. The van der Waals surface area contributed by atoms with Crippen LogP contribution in [0.4, 0.5) is 5.13 Å². The second kappa shape index (κ2) is 6.94. The maximum Gasteiger partial charge on any atom is 0.260 e. The summed E-state index contributed by atoms with van der Waals surface area (Å²) in [6, 6.07) is 9.87. The molecule has 126 valence electrons. The summed E-state index contributed by atoms with van der Waals surface area (Å²) in [6.07, 6.45) is 6.38. The van der Waals surface area contributed by atoms with Crippen LogP contribution in [0.15, 0.2) is 41.9 Å². The Balaban J connectivity index is 1.54. The minimum absolute atomic E-state index is 0.187. The van der Waals surface area contributed by atoms with E-state index in [1.54, 1.807) is 18.3 Å². The fourth-order valence-corrected chi connectivity index (χ4v) is 4.00. The number of hydrogen-bond acceptors (Lipinski definition) is 4. The standard InChI is InChI=1S/C19H16ClN3OS/c20-17-15(6-3-9-21-17)18(24)23-19-22-16(11-25-19)14-8-7-12-4-1-2-5-13(12)10-14/h3,6-11H,1-2,4-5H2,(H,22,23,24). The van der Waals surface area contributed by atoms with E-state index in [0.717, 1.165) is 17.7 Å². The van der Waals surface area contributed by atoms with Crippen molar-refractivity contribution in [3.8, 4) is 11.3 Å². The van der Waals surface area contributed by atoms with Crippen LogP contribution >= 0.6 is 22.9 Å². The third-order valence-corrected chi connectivity index (χ3v) is 5.43. The number of anilines is 1. The van der Waals surface area contributed by atoms with Gasteiger partial charge < -0.3 is 0 Å². The van der Waals surface area contributed by atoms with Crippen molar-refractivity contribution in [3.05, 3.63) is 63.8 Å². The third-order valence-electron chi connectivity index (χ3n) is 4.37. The zero-order valence-electron chi connectivity index (χ0n) is 13.5. The van der Waals surface area contributed by atoms with Gasteiger partial charge in [-0.15, -0.1) is 11.3 Å². The quantitative estimate of drug-likeness (QED) is 0.662. The van der Waals surface area contributed by atoms with Crippen LogP contribution in [0.1, 0.15) is 34.3 Å². The van der Waals surface area contributed by atoms with Crippen LogP contribution in [-0.2, 0) is 12.8 Å². The average Bonchev–Trinajstić information content (AvgIpc) is 3.10. The summed E-state index contributed by atoms with van der Waals surface area (Å²) in [7, 11) is 0. The van der Waals surface area contributed by atoms with Crippen LogP contribution in [-0.4, -0.2) is 15.9 Å². The van der Waals surface area contributed by atoms with Crippen LogP contribution < -0.4 is 5.32 Å². The molecule has 25 heavy (non-hydrogen) atoms. The van der Waals surface area contributed by atoms with Crippen molar-refractivity contribution in [3.63, 3.8) is 0 Å². The van der Waals surface area contributed by atoms with E-state index in [-0.39, 0.29) is 11.1 Å². The Morgan fingerprint density at radius 1 is 1.16 bits per heavy atom. The van der Waals surface area contributed by atoms with E-state index < -0.39 is 0 Å². The van der Waals surface area contributed by atoms with Crippen molar-refractivity contribution < 1.29 is 4.79 Å². The highest BCUT2D eigenvalue weighted by molar-refractivity contribution is 7.14. The van der Waals surface area contributed by atoms with Gasteiger partial charge in [0, 0.05) is 17.1 Å². The number of aryl methyl sites for hydroxylation is 2. The largest absolute Gasteiger partial charge is 0.298 e. The molecule has 0 unspecified atom stereocenters. The number of benzene rings is 1. The number of carbonyl (C=O) groups excluding carboxylic acids is 1. The number of nitrogens with zero attached hydrogens (tertiary/aromatic N) is 2. The van der Waals surface area contributed by atoms with Crippen LogP contribution in [0.2, 0.25) is 5.15 Å². The van der Waals surface area contributed by atoms with E-state index >= 15 is 0 Å². The van der Waals surface area contributed by atoms with Gasteiger partial charge in [-0.05, 0) is 55.0 Å². The smallest absolute Gasteiger partial charge is 0.260 e. The van der Waals surface area contributed by atoms with Gasteiger partial charge in [-0.1, -0.05) is 23.7 Å². The fourth-order valence-electron chi connectivity index (χ4n) is 3.08. The topological polar surface area (TPSA) is 54.9 Å². The summed E-state index contributed by atoms with van der Waals surface area (Å²) in [6.45, 7) is 0. The average molecular weight is 370 g/mol. The number of pyridine rings is 1. The minimum atomic E-state index is -0.301. The normalized spacial score (nSPS) is 13.3. The summed E-state index contributed by atoms with van der Waals surface area (Å²) in [4.78, 5) is 20.8. The van der Waals surface area contributed by atoms with Gasteiger partial charge in [-0.25, -0.2) is 9.97 Å². The molecule has 0 spiro atoms. The molecule has 1 aliphatic rings. The number of amides is 1. The number of rotatable bonds is 3. The van der Waals surface area contributed by atoms with Crippen LogP contribution in [0.3, 0.4) is 0 Å². The first-order valence-electron chi connectivity index (χ1n) is 8.20. The van der Waals surface area contributed by atoms with Crippen LogP contribution in [0.25, 0.3) is 11.3 Å². The summed E-state index contributed by atoms with van der Waals surface area (Å²) in [5.41, 5.74) is 5.19. The van der Waals surface area contributed by atoms with Crippen molar-refractivity contribution in [1.29, 1.82) is 0 Å². The number of carbonyl (C=O) groups is 1. The van der Waals surface area contributed by atoms with Crippen molar-refractivity contribution >= 4 is 34.0 Å². The molecule has 1 aromatic carbocycles. The van der Waals surface area contributed by atoms with Gasteiger partial charge in [0.25, 0.3) is 5.91 Å². The molecule has 0 saturated carbocycles. The lowest BCUT2D eigenvalue weighted by Gasteiger charge is -2.16. The maximum absolute atomic E-state index is 12.3. The zero-order valence-corrected chi connectivity index (χ0v) is 15.0. The molecule has 0 fully saturated rings. The monoisotopic (exact) mass is 369 g/mol. The molecule has 0 aliphatic heterocycles. The Bertz CT molecular complexity index is 938. The van der Waals surface area contributed by atoms with E-state index in [9.17, 15) is 4.79 Å². The number of halogens is 1. The lowest BCUT2D eigenvalue weighted by Crippen LogP contribution is -2.12. The SMILES string of the molecule is O=C(Nc1nc(-c2ccc3c(c2)CCCC3)cs1)c1cccnc1Cl. The highest BCUT2D eigenvalue weighted by Gasteiger charge is 2.15. The van der Waals surface area contributed by atoms with E-state index in [1.165, 1.54) is 41.7 Å². The van der Waals surface area contributed by atoms with Crippen molar-refractivity contribution in [1.82, 2.24) is 9.97 Å². The maximum atomic E-state index is 12.3. The Labute approximate surface area is 154 Å². The minimum Gasteiger partial charge on any atom is -0.298 e. The van der Waals surface area contributed by atoms with Crippen molar-refractivity contribution in [2.75, 3.05) is 5.32 Å². The highest BCUT2D eigenvalue weighted by Crippen LogP contribution is 2.30. The van der Waals surface area contributed by atoms with Gasteiger partial charge in [-0.2, -0.15) is 0 Å². The van der Waals surface area contributed by atoms with Gasteiger partial charge in [-0.3, -0.25) is 10.1 Å². The zero-order chi connectivity index (χ0) is 17.2. The number of aromatic nitrogens is 2. The third kappa shape index (κ3) is 3.43. The molecule has 1 N–H and O–H groups in total. The first-order valence-corrected chi connectivity index (χ1v) is 9.46. The van der Waals surface area contributed by atoms with Crippen molar-refractivity contribution in [2.45, 2.75) is 25.7 Å². The lowest BCUT2D eigenvalue weighted by molar-refractivity contribution is 0.102. The van der Waals surface area contributed by atoms with Gasteiger partial charge in [0.1, 0.15) is 5.15 Å². The molecule has 4 nitrogen and oxygen atoms in total. The molecule has 0 radical (unpaired) electrons. The summed E-state index contributed by atoms with van der Waals surface area (Å²) in [5.74, 6) is -0.301. The number of fused-ring (bicyclic) bond motifs is 1. The first kappa shape index (κ1) is 16.2. The van der Waals surface area contributed by atoms with Crippen LogP contribution in [0, 0.1) is 0 Å². The predicted molar refractivity (Wildman–Crippen MR) is 101 cm³/mol. The Kier molecular flexibility index (Phi) is 4.51. The molecular formula is C19H16ClN3OS. The summed E-state index contributed by atoms with van der Waals surface area (Å²) in [5, 5.41) is 5.50. The van der Waals surface area contributed by atoms with E-state index in [2.05, 4.69) is 33.5 Å². The molecule has 6 heteroatoms. The van der Waals surface area contributed by atoms with Crippen molar-refractivity contribution in [2.24, 2.45) is 0 Å².